The van der Waals surface area contributed by atoms with Gasteiger partial charge in [-0.1, -0.05) is 107 Å². The van der Waals surface area contributed by atoms with Gasteiger partial charge in [0.25, 0.3) is 20.0 Å². The highest BCUT2D eigenvalue weighted by Crippen LogP contribution is 2.64. The minimum absolute atomic E-state index is 0.0608. The number of methoxy groups -OCH3 is 1. The van der Waals surface area contributed by atoms with Crippen LogP contribution in [0.1, 0.15) is 178 Å². The highest BCUT2D eigenvalue weighted by molar-refractivity contribution is 8.23. The molecule has 0 aliphatic carbocycles. The summed E-state index contributed by atoms with van der Waals surface area (Å²) < 4.78 is 361. The van der Waals surface area contributed by atoms with Crippen LogP contribution in [-0.4, -0.2) is 225 Å². The van der Waals surface area contributed by atoms with E-state index in [2.05, 4.69) is 0 Å². The van der Waals surface area contributed by atoms with E-state index in [1.165, 1.54) is 125 Å². The molecule has 4 unspecified atom stereocenters. The van der Waals surface area contributed by atoms with E-state index in [0.29, 0.717) is 23.5 Å². The number of hydrogen-bond acceptors (Lipinski definition) is 22. The Balaban J connectivity index is 8.91. The predicted molar refractivity (Wildman–Crippen MR) is 403 cm³/mol. The summed E-state index contributed by atoms with van der Waals surface area (Å²) in [6, 6.07) is 0. The number of likely N-dealkylation sites (N-methyl/N-ethyl adjacent to an activating group) is 2. The summed E-state index contributed by atoms with van der Waals surface area (Å²) in [5.41, 5.74) is -14.7. The van der Waals surface area contributed by atoms with Gasteiger partial charge in [0, 0.05) is 36.7 Å². The number of carbonyl (C=O) groups excluding carboxylic acids is 5. The molecule has 0 rings (SSSR count). The van der Waals surface area contributed by atoms with Gasteiger partial charge in [-0.3, -0.25) is 33.1 Å². The van der Waals surface area contributed by atoms with Crippen molar-refractivity contribution in [2.24, 2.45) is 61.1 Å². The van der Waals surface area contributed by atoms with Crippen LogP contribution in [-0.2, 0) is 86.3 Å². The van der Waals surface area contributed by atoms with E-state index in [1.54, 1.807) is 27.7 Å². The van der Waals surface area contributed by atoms with Crippen LogP contribution in [0.2, 0.25) is 0 Å². The van der Waals surface area contributed by atoms with Crippen LogP contribution in [0.15, 0.2) is 0 Å². The van der Waals surface area contributed by atoms with Crippen molar-refractivity contribution < 1.29 is 182 Å². The predicted octanol–water partition coefficient (Wildman–Crippen LogP) is 16.1. The van der Waals surface area contributed by atoms with Crippen LogP contribution in [0.25, 0.3) is 0 Å². The zero-order valence-electron chi connectivity index (χ0n) is 69.1. The molecule has 0 heterocycles. The van der Waals surface area contributed by atoms with Crippen LogP contribution >= 0.6 is 63.2 Å². The summed E-state index contributed by atoms with van der Waals surface area (Å²) >= 11 is 12.4. The van der Waals surface area contributed by atoms with Gasteiger partial charge in [-0.2, -0.15) is 87.6 Å². The number of carbonyl (C=O) groups is 5. The molecule has 24 nitrogen and oxygen atoms in total. The van der Waals surface area contributed by atoms with Gasteiger partial charge in [-0.25, -0.2) is 16.8 Å². The lowest BCUT2D eigenvalue weighted by molar-refractivity contribution is -0.382. The SMILES string of the molecule is COC(=O)C(C(C)(C)CC(C(=O)OCCP(=O)(O)O)C(C)(C)C(C)(C)CC(C)(C(=O)OCCN(C)S(=O)(=O)C(F)(F)C(F)(F)C(F)(F)C(F)(F)F)C(C)(C)SC(=S)OC(C)C)C(C)(C)CC(C(=O)OCCP(=O)(O)O)C(C)(C)C(C)(C)CC(C)(C(=O)OCCN(C)S(=O)(=O)C(F)(F)C(F)(F)C(F)(F)C(F)(F)F)C(C)(C)SC(=S)OC(C)C. The van der Waals surface area contributed by atoms with Crippen molar-refractivity contribution in [2.45, 2.75) is 246 Å². The molecule has 4 N–H and O–H groups in total. The maximum absolute atomic E-state index is 15.2. The molecule has 0 aromatic heterocycles. The molecule has 0 fully saturated rings. The molecule has 0 saturated carbocycles. The molecule has 0 aliphatic heterocycles. The van der Waals surface area contributed by atoms with Gasteiger partial charge in [0.1, 0.15) is 26.4 Å². The summed E-state index contributed by atoms with van der Waals surface area (Å²) in [5, 5.41) is -14.4. The van der Waals surface area contributed by atoms with Crippen molar-refractivity contribution in [3.05, 3.63) is 0 Å². The number of sulfonamides is 2. The Morgan fingerprint density at radius 2 is 0.684 bits per heavy atom. The maximum atomic E-state index is 15.2. The second kappa shape index (κ2) is 38.3. The van der Waals surface area contributed by atoms with Gasteiger partial charge in [-0.05, 0) is 152 Å². The summed E-state index contributed by atoms with van der Waals surface area (Å²) in [4.78, 5) is 115. The molecule has 0 saturated heterocycles. The van der Waals surface area contributed by atoms with Crippen molar-refractivity contribution >= 4 is 122 Å². The average molecular weight is 1890 g/mol. The zero-order chi connectivity index (χ0) is 93.9. The van der Waals surface area contributed by atoms with Gasteiger partial charge < -0.3 is 52.7 Å². The summed E-state index contributed by atoms with van der Waals surface area (Å²) in [6.07, 6.45) is -20.6. The first-order chi connectivity index (χ1) is 51.2. The van der Waals surface area contributed by atoms with E-state index in [0.717, 1.165) is 7.11 Å². The van der Waals surface area contributed by atoms with Crippen LogP contribution in [0.3, 0.4) is 0 Å². The Bertz CT molecular complexity index is 3620. The monoisotopic (exact) mass is 1890 g/mol. The van der Waals surface area contributed by atoms with Crippen LogP contribution in [0, 0.1) is 61.1 Å². The first kappa shape index (κ1) is 114. The largest absolute Gasteiger partial charge is 0.476 e. The molecular weight excluding hydrogens is 1780 g/mol. The van der Waals surface area contributed by atoms with Gasteiger partial charge >= 0.3 is 91.6 Å². The van der Waals surface area contributed by atoms with Crippen LogP contribution in [0.4, 0.5) is 79.0 Å². The third kappa shape index (κ3) is 25.5. The number of ether oxygens (including phenoxy) is 7. The number of nitrogens with zero attached hydrogens (tertiary/aromatic N) is 2. The molecule has 0 aliphatic rings. The van der Waals surface area contributed by atoms with Gasteiger partial charge in [0.05, 0.1) is 60.2 Å². The van der Waals surface area contributed by atoms with Crippen molar-refractivity contribution in [2.75, 3.05) is 73.0 Å². The Morgan fingerprint density at radius 3 is 0.906 bits per heavy atom. The topological polar surface area (TPSA) is 340 Å². The number of alkyl halides is 18. The highest BCUT2D eigenvalue weighted by Gasteiger charge is 2.87. The fraction of sp³-hybridized carbons (Fsp3) is 0.896. The molecule has 4 atom stereocenters. The van der Waals surface area contributed by atoms with Crippen molar-refractivity contribution in [3.63, 3.8) is 0 Å². The Kier molecular flexibility index (Phi) is 37.2. The second-order valence-corrected chi connectivity index (χ2v) is 46.3. The first-order valence-electron chi connectivity index (χ1n) is 35.1. The second-order valence-electron chi connectivity index (χ2n) is 34.1. The number of hydrogen-bond donors (Lipinski definition) is 4. The minimum Gasteiger partial charge on any atom is -0.476 e. The molecule has 0 bridgehead atoms. The van der Waals surface area contributed by atoms with Gasteiger partial charge in [0.2, 0.25) is 8.77 Å². The molecule has 690 valence electrons. The zero-order valence-corrected chi connectivity index (χ0v) is 75.7. The van der Waals surface area contributed by atoms with Crippen LogP contribution < -0.4 is 0 Å². The molecule has 0 aromatic carbocycles. The van der Waals surface area contributed by atoms with E-state index < -0.39 is 281 Å². The Hall–Kier alpha value is -3.31. The molecule has 0 amide bonds. The molecule has 0 spiro atoms. The van der Waals surface area contributed by atoms with E-state index in [-0.39, 0.29) is 22.9 Å². The van der Waals surface area contributed by atoms with Crippen molar-refractivity contribution in [3.8, 4) is 0 Å². The van der Waals surface area contributed by atoms with Crippen molar-refractivity contribution in [1.82, 2.24) is 8.61 Å². The lowest BCUT2D eigenvalue weighted by atomic mass is 9.50. The van der Waals surface area contributed by atoms with E-state index in [1.807, 2.05) is 0 Å². The number of halogens is 18. The number of rotatable bonds is 45. The number of thiocarbonyl (C=S) groups is 2. The average Bonchev–Trinajstić information content (AvgIpc) is 0.727. The number of thioether (sulfide) groups is 2. The molecule has 50 heteroatoms. The lowest BCUT2D eigenvalue weighted by Crippen LogP contribution is -2.65. The lowest BCUT2D eigenvalue weighted by Gasteiger charge is -2.55. The summed E-state index contributed by atoms with van der Waals surface area (Å²) in [7, 11) is -23.4. The van der Waals surface area contributed by atoms with Gasteiger partial charge in [0.15, 0.2) is 0 Å². The van der Waals surface area contributed by atoms with E-state index >= 15 is 27.2 Å². The third-order valence-corrected chi connectivity index (χ3v) is 30.5. The minimum atomic E-state index is -7.65. The standard InChI is InChI=1S/C67H108F18N2O22P2S6/c1-38(2)108-48(112)114-56(17,18)58(21,46(91)106-28-26-86(23)116(99,100)66(82,83)62(72,73)60(68,69)64(76,77)78)36-52(9,10)54(13,14)40(43(88)104-30-32-110(93,94)95)34-50(5,6)42(45(90)103-25)51(7,8)35-41(44(89)105-31-33-111(96,97)98)55(15,16)53(11,12)37-59(22,57(19,20)115-49(113)109-39(3)4)47(92)107-29-27-87(24)117(101,102)67(84,85)63(74,75)61(70,71)65(79,80)81/h38-42H,26-37H2,1-25H3,(H2,93,94,95)(H2,96,97,98). The normalized spacial score (nSPS) is 16.6. The van der Waals surface area contributed by atoms with Gasteiger partial charge in [-0.15, -0.1) is 0 Å². The first-order valence-corrected chi connectivity index (χ1v) is 44.1. The Labute approximate surface area is 689 Å². The maximum Gasteiger partial charge on any atom is 0.460 e. The summed E-state index contributed by atoms with van der Waals surface area (Å²) in [6.45, 7) is 23.4. The number of esters is 5. The molecular formula is C67H108F18N2O22P2S6. The fourth-order valence-electron chi connectivity index (χ4n) is 12.9. The van der Waals surface area contributed by atoms with Crippen molar-refractivity contribution in [1.29, 1.82) is 0 Å². The highest BCUT2D eigenvalue weighted by atomic mass is 32.2. The summed E-state index contributed by atoms with van der Waals surface area (Å²) in [5.74, 6) is -42.0. The van der Waals surface area contributed by atoms with E-state index in [4.69, 9.17) is 57.6 Å². The van der Waals surface area contributed by atoms with Crippen LogP contribution in [0.5, 0.6) is 0 Å². The third-order valence-electron chi connectivity index (χ3n) is 22.0. The molecule has 117 heavy (non-hydrogen) atoms. The fourth-order valence-corrected chi connectivity index (χ4v) is 19.6. The Morgan fingerprint density at radius 1 is 0.427 bits per heavy atom. The smallest absolute Gasteiger partial charge is 0.460 e. The molecule has 0 radical (unpaired) electrons. The molecule has 0 aromatic rings. The quantitative estimate of drug-likeness (QED) is 0.0145. The van der Waals surface area contributed by atoms with E-state index in [9.17, 15) is 121 Å².